The summed E-state index contributed by atoms with van der Waals surface area (Å²) in [5.74, 6) is 3.65. The Labute approximate surface area is 322 Å². The minimum atomic E-state index is -0.278. The molecule has 0 saturated heterocycles. The molecule has 2 saturated carbocycles. The Balaban J connectivity index is 0.000000345. The predicted molar refractivity (Wildman–Crippen MR) is 216 cm³/mol. The number of ether oxygens (including phenoxy) is 2. The second kappa shape index (κ2) is 25.6. The van der Waals surface area contributed by atoms with Crippen LogP contribution >= 0.6 is 99.9 Å². The van der Waals surface area contributed by atoms with Crippen LogP contribution in [-0.4, -0.2) is 23.9 Å². The van der Waals surface area contributed by atoms with Gasteiger partial charge in [-0.1, -0.05) is 43.3 Å². The number of halogens is 5. The Kier molecular flexibility index (Phi) is 25.9. The number of aryl methyl sites for hydroxylation is 2. The van der Waals surface area contributed by atoms with Crippen LogP contribution in [-0.2, 0) is 14.4 Å². The monoisotopic (exact) mass is 1210 g/mol. The van der Waals surface area contributed by atoms with Crippen molar-refractivity contribution in [3.05, 3.63) is 71.8 Å². The predicted octanol–water partition coefficient (Wildman–Crippen LogP) is 12.5. The minimum absolute atomic E-state index is 0.278. The molecule has 2 aromatic carbocycles. The van der Waals surface area contributed by atoms with E-state index in [2.05, 4.69) is 171 Å². The van der Waals surface area contributed by atoms with Crippen LogP contribution in [0.1, 0.15) is 76.3 Å². The van der Waals surface area contributed by atoms with Crippen LogP contribution in [0.5, 0.6) is 11.5 Å². The quantitative estimate of drug-likeness (QED) is 0.222. The van der Waals surface area contributed by atoms with Gasteiger partial charge in [0.05, 0.1) is 12.2 Å². The molecule has 2 fully saturated rings. The third-order valence-electron chi connectivity index (χ3n) is 7.67. The Morgan fingerprint density at radius 2 is 1.36 bits per heavy atom. The third kappa shape index (κ3) is 20.0. The maximum atomic E-state index is 9.26. The van der Waals surface area contributed by atoms with E-state index in [0.717, 1.165) is 30.8 Å². The van der Waals surface area contributed by atoms with E-state index in [9.17, 15) is 5.11 Å². The van der Waals surface area contributed by atoms with E-state index in [1.165, 1.54) is 48.8 Å². The normalized spacial score (nSPS) is 22.1. The Hall–Kier alpha value is 2.56. The number of allylic oxidation sites excluding steroid dienone is 1. The topological polar surface area (TPSA) is 38.7 Å². The van der Waals surface area contributed by atoms with Gasteiger partial charge in [-0.25, -0.2) is 0 Å². The fourth-order valence-corrected chi connectivity index (χ4v) is 5.42. The summed E-state index contributed by atoms with van der Waals surface area (Å²) in [6.07, 6.45) is 10.2. The molecule has 0 spiro atoms. The SMILES string of the molecule is C=C(C)[C@H]1CCC[C@@H](Oc2cccc(C)c2)C1.Cc1cccc(O[C@@H]2CCC[C@H](C(C)CO)C2)c1.[I][V]([I])[I].[I][V][I]. The zero-order valence-corrected chi connectivity index (χ0v) is 38.7. The van der Waals surface area contributed by atoms with E-state index in [-0.39, 0.29) is 4.92 Å². The van der Waals surface area contributed by atoms with Crippen LogP contribution in [0.3, 0.4) is 0 Å². The van der Waals surface area contributed by atoms with Crippen molar-refractivity contribution in [2.45, 2.75) is 91.3 Å². The first kappa shape index (κ1) is 42.6. The summed E-state index contributed by atoms with van der Waals surface area (Å²) in [7, 11) is 0.628. The van der Waals surface area contributed by atoms with Crippen LogP contribution < -0.4 is 9.47 Å². The van der Waals surface area contributed by atoms with Crippen molar-refractivity contribution in [2.24, 2.45) is 17.8 Å². The molecule has 0 aliphatic heterocycles. The van der Waals surface area contributed by atoms with Gasteiger partial charge >= 0.3 is 114 Å². The van der Waals surface area contributed by atoms with Gasteiger partial charge in [-0.3, -0.25) is 0 Å². The molecule has 0 amide bonds. The Morgan fingerprint density at radius 3 is 1.79 bits per heavy atom. The summed E-state index contributed by atoms with van der Waals surface area (Å²) in [6, 6.07) is 16.6. The number of hydrogen-bond donors (Lipinski definition) is 1. The van der Waals surface area contributed by atoms with Crippen LogP contribution in [0.25, 0.3) is 0 Å². The van der Waals surface area contributed by atoms with Crippen molar-refractivity contribution in [2.75, 3.05) is 6.61 Å². The fourth-order valence-electron chi connectivity index (χ4n) is 5.42. The molecule has 2 aliphatic rings. The standard InChI is InChI=1S/C16H24O2.C16H22O.5HI.2V/c1-12-5-3-7-15(9-12)18-16-8-4-6-14(10-16)13(2)11-17;1-12(2)14-7-5-9-16(11-14)17-15-8-4-6-13(3)10-15;;;;;;;/h3,5,7,9,13-14,16-17H,4,6,8,10-11H2,1-2H3;4,6,8,10,14,16H,1,5,7,9,11H2,2-3H3;5*1H;;/q;;;;;;;+2;+3/p-5/t13?,14-,16+;14-,16+;;;;;;;/m00......./s1. The molecule has 0 aromatic heterocycles. The van der Waals surface area contributed by atoms with Crippen LogP contribution in [0.4, 0.5) is 0 Å². The zero-order valence-electron chi connectivity index (χ0n) is 25.1. The van der Waals surface area contributed by atoms with Gasteiger partial charge in [0.2, 0.25) is 0 Å². The summed E-state index contributed by atoms with van der Waals surface area (Å²) in [5, 5.41) is 9.26. The molecule has 1 N–H and O–H groups in total. The molecule has 237 valence electrons. The van der Waals surface area contributed by atoms with Crippen LogP contribution in [0, 0.1) is 31.6 Å². The Bertz CT molecular complexity index is 1010. The molecule has 0 bridgehead atoms. The second-order valence-corrected chi connectivity index (χ2v) is 58.3. The first-order chi connectivity index (χ1) is 20.0. The average Bonchev–Trinajstić information content (AvgIpc) is 2.93. The molecule has 0 radical (unpaired) electrons. The molecular weight excluding hydrogens is 1170 g/mol. The van der Waals surface area contributed by atoms with Gasteiger partial charge < -0.3 is 14.6 Å². The van der Waals surface area contributed by atoms with Crippen molar-refractivity contribution in [3.63, 3.8) is 0 Å². The molecule has 2 aliphatic carbocycles. The first-order valence-corrected chi connectivity index (χ1v) is 36.9. The molecule has 0 heterocycles. The van der Waals surface area contributed by atoms with Crippen LogP contribution in [0.2, 0.25) is 0 Å². The molecule has 42 heavy (non-hydrogen) atoms. The molecule has 1 unspecified atom stereocenters. The first-order valence-electron chi connectivity index (χ1n) is 14.4. The zero-order chi connectivity index (χ0) is 31.5. The summed E-state index contributed by atoms with van der Waals surface area (Å²) >= 11 is 12.1. The van der Waals surface area contributed by atoms with E-state index in [4.69, 9.17) is 9.47 Å². The molecule has 5 atom stereocenters. The van der Waals surface area contributed by atoms with E-state index in [1.807, 2.05) is 12.1 Å². The second-order valence-electron chi connectivity index (χ2n) is 11.2. The number of aliphatic hydroxyl groups is 1. The summed E-state index contributed by atoms with van der Waals surface area (Å²) in [6.45, 7) is 12.8. The molecule has 4 rings (SSSR count). The molecule has 2 aromatic rings. The molecular formula is C32H46I5O3V2. The summed E-state index contributed by atoms with van der Waals surface area (Å²) < 4.78 is 12.2. The number of benzene rings is 2. The number of rotatable bonds is 7. The van der Waals surface area contributed by atoms with Crippen molar-refractivity contribution < 1.29 is 29.0 Å². The number of hydrogen-bond acceptors (Lipinski definition) is 3. The van der Waals surface area contributed by atoms with Crippen molar-refractivity contribution >= 4 is 99.9 Å². The van der Waals surface area contributed by atoms with E-state index in [1.54, 1.807) is 0 Å². The maximum absolute atomic E-state index is 9.26. The fraction of sp³-hybridized carbons (Fsp3) is 0.562. The van der Waals surface area contributed by atoms with E-state index < -0.39 is 0 Å². The Morgan fingerprint density at radius 1 is 0.905 bits per heavy atom. The van der Waals surface area contributed by atoms with Gasteiger partial charge in [0, 0.05) is 6.61 Å². The third-order valence-corrected chi connectivity index (χ3v) is 7.67. The van der Waals surface area contributed by atoms with Gasteiger partial charge in [-0.2, -0.15) is 0 Å². The van der Waals surface area contributed by atoms with Gasteiger partial charge in [-0.15, -0.1) is 0 Å². The van der Waals surface area contributed by atoms with Crippen molar-refractivity contribution in [3.8, 4) is 11.5 Å². The number of aliphatic hydroxyl groups excluding tert-OH is 1. The van der Waals surface area contributed by atoms with Gasteiger partial charge in [0.25, 0.3) is 0 Å². The van der Waals surface area contributed by atoms with Crippen molar-refractivity contribution in [1.29, 1.82) is 0 Å². The molecule has 3 nitrogen and oxygen atoms in total. The van der Waals surface area contributed by atoms with Gasteiger partial charge in [0.1, 0.15) is 11.5 Å². The van der Waals surface area contributed by atoms with E-state index in [0.29, 0.717) is 46.0 Å². The molecule has 10 heteroatoms. The summed E-state index contributed by atoms with van der Waals surface area (Å²) in [5.41, 5.74) is 3.81. The average molecular weight is 1220 g/mol. The van der Waals surface area contributed by atoms with Crippen LogP contribution in [0.15, 0.2) is 60.7 Å². The van der Waals surface area contributed by atoms with E-state index >= 15 is 0 Å². The van der Waals surface area contributed by atoms with Gasteiger partial charge in [-0.05, 0) is 125 Å². The van der Waals surface area contributed by atoms with Crippen molar-refractivity contribution in [1.82, 2.24) is 0 Å². The summed E-state index contributed by atoms with van der Waals surface area (Å²) in [4.78, 5) is -0.278. The van der Waals surface area contributed by atoms with Gasteiger partial charge in [0.15, 0.2) is 0 Å².